The molecular weight excluding hydrogens is 152 g/mol. The van der Waals surface area contributed by atoms with Gasteiger partial charge in [-0.25, -0.2) is 0 Å². The number of nitrogens with one attached hydrogen (secondary N) is 1. The molecule has 0 unspecified atom stereocenters. The van der Waals surface area contributed by atoms with Gasteiger partial charge in [0.2, 0.25) is 5.91 Å². The van der Waals surface area contributed by atoms with Gasteiger partial charge in [-0.2, -0.15) is 0 Å². The highest BCUT2D eigenvalue weighted by atomic mass is 16.1. The minimum absolute atomic E-state index is 0.128. The van der Waals surface area contributed by atoms with Gasteiger partial charge in [0.15, 0.2) is 0 Å². The Morgan fingerprint density at radius 1 is 1.42 bits per heavy atom. The molecule has 3 nitrogen and oxygen atoms in total. The maximum Gasteiger partial charge on any atom is 0.225 e. The lowest BCUT2D eigenvalue weighted by molar-refractivity contribution is -0.366. The van der Waals surface area contributed by atoms with Crippen LogP contribution in [-0.2, 0) is 4.79 Å². The van der Waals surface area contributed by atoms with Gasteiger partial charge >= 0.3 is 0 Å². The van der Waals surface area contributed by atoms with Gasteiger partial charge in [0.05, 0.1) is 13.0 Å². The van der Waals surface area contributed by atoms with Crippen LogP contribution in [0.2, 0.25) is 0 Å². The van der Waals surface area contributed by atoms with Crippen molar-refractivity contribution in [1.82, 2.24) is 5.32 Å². The normalized spacial score (nSPS) is 8.33. The van der Waals surface area contributed by atoms with Crippen LogP contribution in [0.25, 0.3) is 0 Å². The van der Waals surface area contributed by atoms with E-state index in [0.717, 1.165) is 19.4 Å². The molecule has 0 aromatic heterocycles. The molecule has 0 aliphatic rings. The Hall–Kier alpha value is -0.570. The summed E-state index contributed by atoms with van der Waals surface area (Å²) in [6.07, 6.45) is 2.76. The molecule has 12 heavy (non-hydrogen) atoms. The van der Waals surface area contributed by atoms with E-state index in [-0.39, 0.29) is 5.91 Å². The zero-order chi connectivity index (χ0) is 9.82. The lowest BCUT2D eigenvalue weighted by Crippen LogP contribution is -2.51. The molecule has 0 heterocycles. The lowest BCUT2D eigenvalue weighted by Gasteiger charge is -2.00. The Bertz CT molecular complexity index is 94.5. The van der Waals surface area contributed by atoms with Crippen LogP contribution in [0.15, 0.2) is 0 Å². The Balaban J connectivity index is 0. The van der Waals surface area contributed by atoms with Gasteiger partial charge in [-0.05, 0) is 6.42 Å². The summed E-state index contributed by atoms with van der Waals surface area (Å²) < 4.78 is 0. The van der Waals surface area contributed by atoms with Crippen molar-refractivity contribution >= 4 is 5.91 Å². The highest BCUT2D eigenvalue weighted by Gasteiger charge is 1.97. The van der Waals surface area contributed by atoms with Crippen molar-refractivity contribution in [3.05, 3.63) is 0 Å². The van der Waals surface area contributed by atoms with Crippen molar-refractivity contribution in [2.45, 2.75) is 40.0 Å². The van der Waals surface area contributed by atoms with E-state index >= 15 is 0 Å². The molecular formula is C9H23N2O+. The molecule has 0 aliphatic carbocycles. The molecule has 0 rings (SSSR count). The average Bonchev–Trinajstić information content (AvgIpc) is 2.09. The Morgan fingerprint density at radius 3 is 2.42 bits per heavy atom. The van der Waals surface area contributed by atoms with Gasteiger partial charge < -0.3 is 11.1 Å². The van der Waals surface area contributed by atoms with Crippen LogP contribution in [0.3, 0.4) is 0 Å². The van der Waals surface area contributed by atoms with Gasteiger partial charge in [-0.15, -0.1) is 0 Å². The average molecular weight is 175 g/mol. The quantitative estimate of drug-likeness (QED) is 0.589. The summed E-state index contributed by atoms with van der Waals surface area (Å²) in [5.41, 5.74) is 3.59. The number of carbonyl (C=O) groups excluding carboxylic acids is 1. The number of amides is 1. The molecule has 0 aromatic rings. The summed E-state index contributed by atoms with van der Waals surface area (Å²) in [4.78, 5) is 10.8. The molecule has 0 bridgehead atoms. The van der Waals surface area contributed by atoms with Crippen LogP contribution in [0.1, 0.15) is 40.0 Å². The first-order valence-corrected chi connectivity index (χ1v) is 4.87. The van der Waals surface area contributed by atoms with Crippen LogP contribution < -0.4 is 11.1 Å². The molecule has 0 atom stereocenters. The number of unbranched alkanes of at least 4 members (excludes halogenated alkanes) is 1. The van der Waals surface area contributed by atoms with Crippen LogP contribution >= 0.6 is 0 Å². The fourth-order valence-corrected chi connectivity index (χ4v) is 0.654. The van der Waals surface area contributed by atoms with Crippen molar-refractivity contribution in [3.8, 4) is 0 Å². The molecule has 0 saturated carbocycles. The molecule has 4 N–H and O–H groups in total. The summed E-state index contributed by atoms with van der Waals surface area (Å²) in [5, 5.41) is 2.81. The van der Waals surface area contributed by atoms with E-state index in [9.17, 15) is 4.79 Å². The highest BCUT2D eigenvalue weighted by Crippen LogP contribution is 1.82. The molecule has 0 fully saturated rings. The van der Waals surface area contributed by atoms with E-state index in [1.54, 1.807) is 0 Å². The second-order valence-corrected chi connectivity index (χ2v) is 2.31. The molecule has 0 spiro atoms. The second kappa shape index (κ2) is 13.1. The van der Waals surface area contributed by atoms with Crippen molar-refractivity contribution < 1.29 is 10.5 Å². The Kier molecular flexibility index (Phi) is 15.2. The second-order valence-electron chi connectivity index (χ2n) is 2.31. The molecule has 1 amide bonds. The van der Waals surface area contributed by atoms with Crippen molar-refractivity contribution in [2.75, 3.05) is 13.1 Å². The minimum Gasteiger partial charge on any atom is -0.357 e. The zero-order valence-corrected chi connectivity index (χ0v) is 8.65. The van der Waals surface area contributed by atoms with Gasteiger partial charge in [-0.1, -0.05) is 27.2 Å². The maximum atomic E-state index is 10.8. The smallest absolute Gasteiger partial charge is 0.225 e. The van der Waals surface area contributed by atoms with E-state index in [0.29, 0.717) is 13.0 Å². The van der Waals surface area contributed by atoms with Crippen molar-refractivity contribution in [3.63, 3.8) is 0 Å². The number of hydrogen-bond acceptors (Lipinski definition) is 1. The topological polar surface area (TPSA) is 56.7 Å². The van der Waals surface area contributed by atoms with Crippen LogP contribution in [0.5, 0.6) is 0 Å². The van der Waals surface area contributed by atoms with Gasteiger partial charge in [0, 0.05) is 6.54 Å². The van der Waals surface area contributed by atoms with Crippen molar-refractivity contribution in [1.29, 1.82) is 0 Å². The van der Waals surface area contributed by atoms with Gasteiger partial charge in [0.25, 0.3) is 0 Å². The summed E-state index contributed by atoms with van der Waals surface area (Å²) in [6, 6.07) is 0. The Labute approximate surface area is 75.7 Å². The molecule has 0 aliphatic heterocycles. The summed E-state index contributed by atoms with van der Waals surface area (Å²) >= 11 is 0. The molecule has 0 aromatic carbocycles. The standard InChI is InChI=1S/C7H16N2O.C2H6/c1-2-3-6-9-7(10)4-5-8;1-2/h2-6,8H2,1H3,(H,9,10);1-2H3/p+1. The van der Waals surface area contributed by atoms with Crippen molar-refractivity contribution in [2.24, 2.45) is 0 Å². The maximum absolute atomic E-state index is 10.8. The summed E-state index contributed by atoms with van der Waals surface area (Å²) in [7, 11) is 0. The van der Waals surface area contributed by atoms with Crippen LogP contribution in [0, 0.1) is 0 Å². The number of hydrogen-bond donors (Lipinski definition) is 2. The first kappa shape index (κ1) is 14.0. The monoisotopic (exact) mass is 175 g/mol. The third-order valence-corrected chi connectivity index (χ3v) is 1.26. The Morgan fingerprint density at radius 2 is 2.00 bits per heavy atom. The predicted octanol–water partition coefficient (Wildman–Crippen LogP) is 0.561. The highest BCUT2D eigenvalue weighted by molar-refractivity contribution is 5.75. The van der Waals surface area contributed by atoms with Crippen LogP contribution in [0.4, 0.5) is 0 Å². The SMILES string of the molecule is CC.CCCCNC(=O)CC[NH3+]. The summed E-state index contributed by atoms with van der Waals surface area (Å²) in [5.74, 6) is 0.128. The lowest BCUT2D eigenvalue weighted by atomic mass is 10.3. The molecule has 0 radical (unpaired) electrons. The van der Waals surface area contributed by atoms with E-state index in [1.807, 2.05) is 13.8 Å². The molecule has 0 saturated heterocycles. The fraction of sp³-hybridized carbons (Fsp3) is 0.889. The third-order valence-electron chi connectivity index (χ3n) is 1.26. The van der Waals surface area contributed by atoms with E-state index in [2.05, 4.69) is 18.0 Å². The molecule has 3 heteroatoms. The number of quaternary nitrogens is 1. The van der Waals surface area contributed by atoms with E-state index < -0.39 is 0 Å². The number of rotatable bonds is 5. The van der Waals surface area contributed by atoms with Gasteiger partial charge in [0.1, 0.15) is 0 Å². The fourth-order valence-electron chi connectivity index (χ4n) is 0.654. The van der Waals surface area contributed by atoms with E-state index in [4.69, 9.17) is 0 Å². The first-order chi connectivity index (χ1) is 5.81. The molecule has 74 valence electrons. The predicted molar refractivity (Wildman–Crippen MR) is 51.6 cm³/mol. The van der Waals surface area contributed by atoms with E-state index in [1.165, 1.54) is 0 Å². The third kappa shape index (κ3) is 12.1. The zero-order valence-electron chi connectivity index (χ0n) is 8.65. The van der Waals surface area contributed by atoms with Crippen LogP contribution in [-0.4, -0.2) is 19.0 Å². The van der Waals surface area contributed by atoms with Gasteiger partial charge in [-0.3, -0.25) is 4.79 Å². The minimum atomic E-state index is 0.128. The largest absolute Gasteiger partial charge is 0.357 e. The first-order valence-electron chi connectivity index (χ1n) is 4.87. The number of carbonyl (C=O) groups is 1. The summed E-state index contributed by atoms with van der Waals surface area (Å²) in [6.45, 7) is 7.61.